The molecule has 0 saturated carbocycles. The molecule has 0 aliphatic heterocycles. The van der Waals surface area contributed by atoms with Crippen LogP contribution in [0.15, 0.2) is 34.9 Å². The lowest BCUT2D eigenvalue weighted by molar-refractivity contribution is -0.113. The predicted octanol–water partition coefficient (Wildman–Crippen LogP) is 3.90. The third-order valence-electron chi connectivity index (χ3n) is 3.63. The third-order valence-corrected chi connectivity index (χ3v) is 5.29. The summed E-state index contributed by atoms with van der Waals surface area (Å²) in [4.78, 5) is 16.0. The van der Waals surface area contributed by atoms with Crippen LogP contribution in [0.4, 0.5) is 13.9 Å². The Balaban J connectivity index is 1.66. The average Bonchev–Trinajstić information content (AvgIpc) is 3.31. The lowest BCUT2D eigenvalue weighted by atomic mass is 10.3. The number of hydrogen-bond acceptors (Lipinski definition) is 7. The van der Waals surface area contributed by atoms with Crippen molar-refractivity contribution < 1.29 is 18.3 Å². The molecule has 28 heavy (non-hydrogen) atoms. The molecule has 1 amide bonds. The van der Waals surface area contributed by atoms with Crippen LogP contribution in [0.2, 0.25) is 0 Å². The number of anilines is 1. The zero-order chi connectivity index (χ0) is 20.1. The minimum atomic E-state index is -0.789. The summed E-state index contributed by atoms with van der Waals surface area (Å²) in [6.07, 6.45) is 0.990. The second-order valence-corrected chi connectivity index (χ2v) is 7.43. The molecule has 0 aliphatic rings. The molecule has 0 spiro atoms. The lowest BCUT2D eigenvalue weighted by Crippen LogP contribution is -2.15. The largest absolute Gasteiger partial charge is 0.480 e. The number of carbonyl (C=O) groups is 1. The van der Waals surface area contributed by atoms with Gasteiger partial charge in [-0.15, -0.1) is 21.5 Å². The Hall–Kier alpha value is -2.53. The van der Waals surface area contributed by atoms with Crippen LogP contribution in [-0.2, 0) is 11.3 Å². The number of rotatable bonds is 8. The molecule has 3 aromatic rings. The Labute approximate surface area is 168 Å². The summed E-state index contributed by atoms with van der Waals surface area (Å²) in [5.41, 5.74) is 0. The summed E-state index contributed by atoms with van der Waals surface area (Å²) in [6, 6.07) is 3.11. The van der Waals surface area contributed by atoms with Crippen molar-refractivity contribution in [2.75, 3.05) is 11.1 Å². The van der Waals surface area contributed by atoms with Gasteiger partial charge in [0.25, 0.3) is 0 Å². The average molecular weight is 425 g/mol. The molecule has 11 heteroatoms. The molecule has 1 aromatic carbocycles. The number of halogens is 2. The van der Waals surface area contributed by atoms with E-state index in [0.29, 0.717) is 22.7 Å². The molecule has 1 atom stereocenters. The van der Waals surface area contributed by atoms with Crippen molar-refractivity contribution in [3.05, 3.63) is 47.2 Å². The van der Waals surface area contributed by atoms with Crippen LogP contribution in [0.1, 0.15) is 25.8 Å². The van der Waals surface area contributed by atoms with Crippen molar-refractivity contribution >= 4 is 34.1 Å². The van der Waals surface area contributed by atoms with Crippen molar-refractivity contribution in [3.8, 4) is 5.75 Å². The van der Waals surface area contributed by atoms with Crippen LogP contribution < -0.4 is 10.1 Å². The van der Waals surface area contributed by atoms with E-state index < -0.39 is 17.7 Å². The Morgan fingerprint density at radius 1 is 1.39 bits per heavy atom. The first-order valence-corrected chi connectivity index (χ1v) is 10.2. The quantitative estimate of drug-likeness (QED) is 0.551. The summed E-state index contributed by atoms with van der Waals surface area (Å²) in [7, 11) is 0. The van der Waals surface area contributed by atoms with Crippen LogP contribution >= 0.6 is 23.1 Å². The molecule has 3 rings (SSSR count). The Bertz CT molecular complexity index is 949. The predicted molar refractivity (Wildman–Crippen MR) is 103 cm³/mol. The van der Waals surface area contributed by atoms with Gasteiger partial charge >= 0.3 is 0 Å². The summed E-state index contributed by atoms with van der Waals surface area (Å²) in [6.45, 7) is 4.14. The van der Waals surface area contributed by atoms with Crippen molar-refractivity contribution in [1.82, 2.24) is 19.7 Å². The molecular weight excluding hydrogens is 408 g/mol. The van der Waals surface area contributed by atoms with Crippen molar-refractivity contribution in [1.29, 1.82) is 0 Å². The normalized spacial score (nSPS) is 12.0. The maximum Gasteiger partial charge on any atom is 0.236 e. The number of nitrogens with one attached hydrogen (secondary N) is 1. The summed E-state index contributed by atoms with van der Waals surface area (Å²) >= 11 is 2.56. The van der Waals surface area contributed by atoms with Gasteiger partial charge in [0.2, 0.25) is 5.91 Å². The maximum absolute atomic E-state index is 13.8. The molecule has 148 valence electrons. The van der Waals surface area contributed by atoms with Crippen molar-refractivity contribution in [2.45, 2.75) is 31.7 Å². The molecule has 2 aromatic heterocycles. The highest BCUT2D eigenvalue weighted by molar-refractivity contribution is 7.99. The Morgan fingerprint density at radius 2 is 2.21 bits per heavy atom. The summed E-state index contributed by atoms with van der Waals surface area (Å²) in [5.74, 6) is -1.12. The SMILES string of the molecule is CCn1c(SCC(=O)Nc2nccs2)nnc1C(C)Oc1ccc(F)cc1F. The second kappa shape index (κ2) is 9.11. The van der Waals surface area contributed by atoms with E-state index in [1.165, 1.54) is 29.2 Å². The topological polar surface area (TPSA) is 81.9 Å². The van der Waals surface area contributed by atoms with Crippen molar-refractivity contribution in [3.63, 3.8) is 0 Å². The fourth-order valence-corrected chi connectivity index (χ4v) is 3.74. The first kappa shape index (κ1) is 20.2. The highest BCUT2D eigenvalue weighted by Gasteiger charge is 2.20. The van der Waals surface area contributed by atoms with Gasteiger partial charge in [-0.25, -0.2) is 13.8 Å². The Kier molecular flexibility index (Phi) is 6.57. The minimum Gasteiger partial charge on any atom is -0.480 e. The zero-order valence-corrected chi connectivity index (χ0v) is 16.7. The van der Waals surface area contributed by atoms with Gasteiger partial charge in [0.05, 0.1) is 5.75 Å². The molecule has 0 fully saturated rings. The molecule has 1 N–H and O–H groups in total. The Morgan fingerprint density at radius 3 is 2.89 bits per heavy atom. The highest BCUT2D eigenvalue weighted by Crippen LogP contribution is 2.26. The van der Waals surface area contributed by atoms with Gasteiger partial charge in [0.1, 0.15) is 5.82 Å². The van der Waals surface area contributed by atoms with E-state index >= 15 is 0 Å². The fourth-order valence-electron chi connectivity index (χ4n) is 2.39. The number of thioether (sulfide) groups is 1. The van der Waals surface area contributed by atoms with Gasteiger partial charge in [-0.1, -0.05) is 11.8 Å². The fraction of sp³-hybridized carbons (Fsp3) is 0.294. The van der Waals surface area contributed by atoms with Crippen LogP contribution in [0, 0.1) is 11.6 Å². The van der Waals surface area contributed by atoms with Crippen LogP contribution in [0.25, 0.3) is 0 Å². The van der Waals surface area contributed by atoms with E-state index in [4.69, 9.17) is 4.74 Å². The molecule has 0 radical (unpaired) electrons. The second-order valence-electron chi connectivity index (χ2n) is 5.59. The maximum atomic E-state index is 13.8. The van der Waals surface area contributed by atoms with E-state index in [9.17, 15) is 13.6 Å². The van der Waals surface area contributed by atoms with Crippen LogP contribution in [0.5, 0.6) is 5.75 Å². The van der Waals surface area contributed by atoms with Gasteiger partial charge in [-0.3, -0.25) is 4.79 Å². The smallest absolute Gasteiger partial charge is 0.236 e. The molecule has 0 aliphatic carbocycles. The first-order valence-electron chi connectivity index (χ1n) is 8.35. The van der Waals surface area contributed by atoms with Crippen molar-refractivity contribution in [2.24, 2.45) is 0 Å². The van der Waals surface area contributed by atoms with Crippen LogP contribution in [-0.4, -0.2) is 31.4 Å². The van der Waals surface area contributed by atoms with E-state index in [0.717, 1.165) is 12.1 Å². The van der Waals surface area contributed by atoms with Gasteiger partial charge in [0.15, 0.2) is 33.8 Å². The third kappa shape index (κ3) is 4.84. The molecule has 2 heterocycles. The van der Waals surface area contributed by atoms with Gasteiger partial charge in [0, 0.05) is 24.2 Å². The molecule has 7 nitrogen and oxygen atoms in total. The van der Waals surface area contributed by atoms with Gasteiger partial charge in [-0.05, 0) is 26.0 Å². The lowest BCUT2D eigenvalue weighted by Gasteiger charge is -2.16. The molecule has 0 saturated heterocycles. The number of carbonyl (C=O) groups excluding carboxylic acids is 1. The number of thiazole rings is 1. The van der Waals surface area contributed by atoms with E-state index in [1.54, 1.807) is 23.1 Å². The number of ether oxygens (including phenoxy) is 1. The minimum absolute atomic E-state index is 0.0726. The van der Waals surface area contributed by atoms with Gasteiger partial charge < -0.3 is 14.6 Å². The standard InChI is InChI=1S/C17H17F2N5O2S2/c1-3-24-15(10(2)26-13-5-4-11(18)8-12(13)19)22-23-17(24)28-9-14(25)21-16-20-6-7-27-16/h4-8,10H,3,9H2,1-2H3,(H,20,21,25). The molecular formula is C17H17F2N5O2S2. The monoisotopic (exact) mass is 425 g/mol. The van der Waals surface area contributed by atoms with E-state index in [-0.39, 0.29) is 17.4 Å². The summed E-state index contributed by atoms with van der Waals surface area (Å²) in [5, 5.41) is 13.8. The van der Waals surface area contributed by atoms with E-state index in [1.807, 2.05) is 6.92 Å². The number of nitrogens with zero attached hydrogens (tertiary/aromatic N) is 4. The number of hydrogen-bond donors (Lipinski definition) is 1. The first-order chi connectivity index (χ1) is 13.5. The number of aromatic nitrogens is 4. The molecule has 0 bridgehead atoms. The highest BCUT2D eigenvalue weighted by atomic mass is 32.2. The number of amides is 1. The zero-order valence-electron chi connectivity index (χ0n) is 15.1. The summed E-state index contributed by atoms with van der Waals surface area (Å²) < 4.78 is 34.2. The van der Waals surface area contributed by atoms with E-state index in [2.05, 4.69) is 20.5 Å². The molecule has 1 unspecified atom stereocenters. The van der Waals surface area contributed by atoms with Gasteiger partial charge in [-0.2, -0.15) is 0 Å². The van der Waals surface area contributed by atoms with Crippen LogP contribution in [0.3, 0.4) is 0 Å². The number of benzene rings is 1.